The van der Waals surface area contributed by atoms with Crippen LogP contribution in [-0.2, 0) is 6.54 Å². The maximum atomic E-state index is 13.4. The number of aryl methyl sites for hydroxylation is 1. The van der Waals surface area contributed by atoms with E-state index in [0.717, 1.165) is 48.5 Å². The molecule has 0 bridgehead atoms. The van der Waals surface area contributed by atoms with Crippen molar-refractivity contribution in [2.45, 2.75) is 26.3 Å². The topological polar surface area (TPSA) is 92.7 Å². The van der Waals surface area contributed by atoms with E-state index in [1.807, 2.05) is 29.5 Å². The van der Waals surface area contributed by atoms with Gasteiger partial charge in [0.25, 0.3) is 5.56 Å². The third-order valence-electron chi connectivity index (χ3n) is 5.67. The number of rotatable bonds is 4. The van der Waals surface area contributed by atoms with Gasteiger partial charge in [-0.25, -0.2) is 9.20 Å². The van der Waals surface area contributed by atoms with Crippen LogP contribution in [0.1, 0.15) is 34.3 Å². The predicted molar refractivity (Wildman–Crippen MR) is 113 cm³/mol. The van der Waals surface area contributed by atoms with Gasteiger partial charge in [0, 0.05) is 13.1 Å². The highest BCUT2D eigenvalue weighted by Crippen LogP contribution is 2.24. The van der Waals surface area contributed by atoms with Crippen LogP contribution in [0, 0.1) is 6.92 Å². The quantitative estimate of drug-likeness (QED) is 0.563. The molecule has 5 rings (SSSR count). The van der Waals surface area contributed by atoms with Gasteiger partial charge >= 0.3 is 5.97 Å². The van der Waals surface area contributed by atoms with Crippen molar-refractivity contribution in [3.05, 3.63) is 69.5 Å². The van der Waals surface area contributed by atoms with Crippen LogP contribution < -0.4 is 10.5 Å². The Hall–Kier alpha value is -3.68. The normalized spacial score (nSPS) is 14.1. The van der Waals surface area contributed by atoms with Crippen molar-refractivity contribution in [1.29, 1.82) is 0 Å². The summed E-state index contributed by atoms with van der Waals surface area (Å²) in [4.78, 5) is 26.7. The molecule has 1 aliphatic heterocycles. The molecule has 0 atom stereocenters. The maximum Gasteiger partial charge on any atom is 0.335 e. The molecule has 2 aromatic carbocycles. The van der Waals surface area contributed by atoms with E-state index in [1.54, 1.807) is 28.8 Å². The summed E-state index contributed by atoms with van der Waals surface area (Å²) in [5.41, 5.74) is 2.70. The third kappa shape index (κ3) is 2.92. The van der Waals surface area contributed by atoms with Crippen molar-refractivity contribution in [2.75, 3.05) is 18.0 Å². The zero-order chi connectivity index (χ0) is 20.8. The Kier molecular flexibility index (Phi) is 4.27. The number of anilines is 1. The van der Waals surface area contributed by atoms with E-state index >= 15 is 0 Å². The second kappa shape index (κ2) is 6.98. The van der Waals surface area contributed by atoms with Crippen LogP contribution in [0.5, 0.6) is 0 Å². The van der Waals surface area contributed by atoms with E-state index in [4.69, 9.17) is 5.11 Å². The number of fused-ring (bicyclic) bond motifs is 3. The van der Waals surface area contributed by atoms with Gasteiger partial charge in [0.1, 0.15) is 0 Å². The average Bonchev–Trinajstić information content (AvgIpc) is 3.41. The molecule has 3 heterocycles. The maximum absolute atomic E-state index is 13.4. The molecule has 2 aromatic heterocycles. The van der Waals surface area contributed by atoms with Gasteiger partial charge in [-0.1, -0.05) is 23.8 Å². The molecule has 1 N–H and O–H groups in total. The van der Waals surface area contributed by atoms with Gasteiger partial charge < -0.3 is 10.0 Å². The number of hydrogen-bond donors (Lipinski definition) is 1. The molecule has 8 nitrogen and oxygen atoms in total. The largest absolute Gasteiger partial charge is 0.478 e. The molecule has 152 valence electrons. The minimum Gasteiger partial charge on any atom is -0.478 e. The lowest BCUT2D eigenvalue weighted by atomic mass is 10.1. The summed E-state index contributed by atoms with van der Waals surface area (Å²) < 4.78 is 3.58. The van der Waals surface area contributed by atoms with E-state index in [2.05, 4.69) is 15.1 Å². The molecule has 8 heteroatoms. The third-order valence-corrected chi connectivity index (χ3v) is 5.67. The zero-order valence-electron chi connectivity index (χ0n) is 16.6. The minimum atomic E-state index is -0.977. The monoisotopic (exact) mass is 403 g/mol. The number of hydrogen-bond acceptors (Lipinski definition) is 5. The van der Waals surface area contributed by atoms with Crippen molar-refractivity contribution in [1.82, 2.24) is 19.2 Å². The molecule has 1 fully saturated rings. The molecule has 0 unspecified atom stereocenters. The second-order valence-corrected chi connectivity index (χ2v) is 7.74. The van der Waals surface area contributed by atoms with Crippen LogP contribution >= 0.6 is 0 Å². The molecule has 4 aromatic rings. The highest BCUT2D eigenvalue weighted by molar-refractivity contribution is 5.87. The van der Waals surface area contributed by atoms with Crippen molar-refractivity contribution < 1.29 is 9.90 Å². The van der Waals surface area contributed by atoms with Crippen molar-refractivity contribution in [2.24, 2.45) is 0 Å². The Morgan fingerprint density at radius 2 is 1.80 bits per heavy atom. The van der Waals surface area contributed by atoms with Crippen LogP contribution in [0.25, 0.3) is 16.7 Å². The summed E-state index contributed by atoms with van der Waals surface area (Å²) in [5.74, 6) is 0.266. The number of aromatic carboxylic acids is 1. The molecule has 0 spiro atoms. The van der Waals surface area contributed by atoms with Crippen LogP contribution in [0.4, 0.5) is 5.95 Å². The van der Waals surface area contributed by atoms with Gasteiger partial charge in [0.15, 0.2) is 0 Å². The Bertz CT molecular complexity index is 1330. The summed E-state index contributed by atoms with van der Waals surface area (Å²) in [6, 6.07) is 12.4. The van der Waals surface area contributed by atoms with E-state index < -0.39 is 5.97 Å². The first-order valence-corrected chi connectivity index (χ1v) is 9.98. The van der Waals surface area contributed by atoms with E-state index in [-0.39, 0.29) is 17.7 Å². The Morgan fingerprint density at radius 3 is 2.50 bits per heavy atom. The van der Waals surface area contributed by atoms with Gasteiger partial charge in [-0.15, -0.1) is 10.2 Å². The van der Waals surface area contributed by atoms with E-state index in [0.29, 0.717) is 11.2 Å². The van der Waals surface area contributed by atoms with E-state index in [9.17, 15) is 9.59 Å². The highest BCUT2D eigenvalue weighted by atomic mass is 16.4. The van der Waals surface area contributed by atoms with Crippen LogP contribution in [-0.4, -0.2) is 43.3 Å². The number of carboxylic acids is 1. The highest BCUT2D eigenvalue weighted by Gasteiger charge is 2.22. The van der Waals surface area contributed by atoms with Crippen LogP contribution in [0.15, 0.2) is 47.3 Å². The summed E-state index contributed by atoms with van der Waals surface area (Å²) >= 11 is 0. The molecule has 1 saturated heterocycles. The standard InChI is InChI=1S/C22H21N5O3/c1-14-4-9-18-17(12-14)19(28)26(13-15-5-7-16(8-6-15)20(29)30)22-24-23-21(27(18)22)25-10-2-3-11-25/h4-9,12H,2-3,10-11,13H2,1H3,(H,29,30). The molecule has 0 amide bonds. The average molecular weight is 403 g/mol. The lowest BCUT2D eigenvalue weighted by Crippen LogP contribution is -2.26. The summed E-state index contributed by atoms with van der Waals surface area (Å²) in [5, 5.41) is 18.5. The summed E-state index contributed by atoms with van der Waals surface area (Å²) in [6.45, 7) is 4.09. The number of benzene rings is 2. The predicted octanol–water partition coefficient (Wildman–Crippen LogP) is 2.70. The first-order chi connectivity index (χ1) is 14.5. The Labute approximate surface area is 172 Å². The number of aromatic nitrogens is 4. The summed E-state index contributed by atoms with van der Waals surface area (Å²) in [7, 11) is 0. The molecular formula is C22H21N5O3. The van der Waals surface area contributed by atoms with Crippen molar-refractivity contribution in [3.8, 4) is 0 Å². The first kappa shape index (κ1) is 18.4. The molecule has 1 aliphatic rings. The van der Waals surface area contributed by atoms with Crippen molar-refractivity contribution in [3.63, 3.8) is 0 Å². The SMILES string of the molecule is Cc1ccc2c(c1)c(=O)n(Cc1ccc(C(=O)O)cc1)c1nnc(N3CCCC3)n21. The molecule has 30 heavy (non-hydrogen) atoms. The van der Waals surface area contributed by atoms with Crippen LogP contribution in [0.3, 0.4) is 0 Å². The lowest BCUT2D eigenvalue weighted by molar-refractivity contribution is 0.0697. The molecule has 0 aliphatic carbocycles. The first-order valence-electron chi connectivity index (χ1n) is 9.98. The van der Waals surface area contributed by atoms with Gasteiger partial charge in [0.2, 0.25) is 11.7 Å². The minimum absolute atomic E-state index is 0.135. The molecule has 0 saturated carbocycles. The molecular weight excluding hydrogens is 382 g/mol. The van der Waals surface area contributed by atoms with Gasteiger partial charge in [-0.3, -0.25) is 9.36 Å². The van der Waals surface area contributed by atoms with Crippen LogP contribution in [0.2, 0.25) is 0 Å². The lowest BCUT2D eigenvalue weighted by Gasteiger charge is -2.17. The Morgan fingerprint density at radius 1 is 1.07 bits per heavy atom. The Balaban J connectivity index is 1.73. The van der Waals surface area contributed by atoms with Gasteiger partial charge in [-0.2, -0.15) is 0 Å². The van der Waals surface area contributed by atoms with Crippen molar-refractivity contribution >= 4 is 28.6 Å². The number of nitrogens with zero attached hydrogens (tertiary/aromatic N) is 5. The second-order valence-electron chi connectivity index (χ2n) is 7.74. The zero-order valence-corrected chi connectivity index (χ0v) is 16.6. The fourth-order valence-electron chi connectivity index (χ4n) is 4.11. The fraction of sp³-hybridized carbons (Fsp3) is 0.273. The number of carbonyl (C=O) groups is 1. The van der Waals surface area contributed by atoms with E-state index in [1.165, 1.54) is 0 Å². The van der Waals surface area contributed by atoms with Gasteiger partial charge in [-0.05, 0) is 49.6 Å². The molecule has 0 radical (unpaired) electrons. The summed E-state index contributed by atoms with van der Waals surface area (Å²) in [6.07, 6.45) is 2.23. The number of carboxylic acid groups (broad SMARTS) is 1. The van der Waals surface area contributed by atoms with Gasteiger partial charge in [0.05, 0.1) is 23.0 Å². The smallest absolute Gasteiger partial charge is 0.335 e. The fourth-order valence-corrected chi connectivity index (χ4v) is 4.11.